The van der Waals surface area contributed by atoms with E-state index in [9.17, 15) is 9.59 Å². The Kier molecular flexibility index (Phi) is 5.30. The number of carbonyl (C=O) groups is 2. The van der Waals surface area contributed by atoms with E-state index in [2.05, 4.69) is 5.32 Å². The van der Waals surface area contributed by atoms with Crippen LogP contribution in [-0.4, -0.2) is 48.7 Å². The second kappa shape index (κ2) is 7.19. The molecule has 0 aliphatic carbocycles. The Bertz CT molecular complexity index is 530. The molecule has 0 atom stereocenters. The van der Waals surface area contributed by atoms with Crippen molar-refractivity contribution in [3.8, 4) is 0 Å². The van der Waals surface area contributed by atoms with Crippen LogP contribution in [0.15, 0.2) is 18.2 Å². The number of benzene rings is 1. The molecule has 1 amide bonds. The van der Waals surface area contributed by atoms with Crippen molar-refractivity contribution in [3.63, 3.8) is 0 Å². The van der Waals surface area contributed by atoms with E-state index in [0.717, 1.165) is 17.5 Å². The van der Waals surface area contributed by atoms with E-state index in [4.69, 9.17) is 9.84 Å². The van der Waals surface area contributed by atoms with E-state index >= 15 is 0 Å². The number of methoxy groups -OCH3 is 1. The average molecular weight is 292 g/mol. The number of carboxylic acids is 1. The first-order chi connectivity index (χ1) is 10.1. The Balaban J connectivity index is 1.82. The standard InChI is InChI=1S/C15H20N2O4/c1-21-6-2-5-16-14(18)10-17-8-12-4-3-11(15(19)20)7-13(12)9-17/h3-4,7H,2,5-6,8-10H2,1H3,(H,16,18)(H,19,20). The van der Waals surface area contributed by atoms with Crippen LogP contribution in [0.4, 0.5) is 0 Å². The quantitative estimate of drug-likeness (QED) is 0.729. The molecule has 0 bridgehead atoms. The third kappa shape index (κ3) is 4.27. The maximum atomic E-state index is 11.8. The van der Waals surface area contributed by atoms with Gasteiger partial charge in [0.15, 0.2) is 0 Å². The highest BCUT2D eigenvalue weighted by molar-refractivity contribution is 5.88. The highest BCUT2D eigenvalue weighted by Crippen LogP contribution is 2.23. The Labute approximate surface area is 123 Å². The molecule has 6 nitrogen and oxygen atoms in total. The first-order valence-electron chi connectivity index (χ1n) is 6.93. The lowest BCUT2D eigenvalue weighted by atomic mass is 10.1. The zero-order chi connectivity index (χ0) is 15.2. The Hall–Kier alpha value is -1.92. The number of hydrogen-bond acceptors (Lipinski definition) is 4. The van der Waals surface area contributed by atoms with Gasteiger partial charge in [-0.25, -0.2) is 4.79 Å². The van der Waals surface area contributed by atoms with Gasteiger partial charge in [-0.3, -0.25) is 9.69 Å². The first kappa shape index (κ1) is 15.5. The molecule has 2 rings (SSSR count). The van der Waals surface area contributed by atoms with Gasteiger partial charge < -0.3 is 15.2 Å². The fraction of sp³-hybridized carbons (Fsp3) is 0.467. The van der Waals surface area contributed by atoms with Crippen molar-refractivity contribution < 1.29 is 19.4 Å². The normalized spacial score (nSPS) is 14.0. The first-order valence-corrected chi connectivity index (χ1v) is 6.93. The lowest BCUT2D eigenvalue weighted by molar-refractivity contribution is -0.122. The summed E-state index contributed by atoms with van der Waals surface area (Å²) >= 11 is 0. The maximum absolute atomic E-state index is 11.8. The summed E-state index contributed by atoms with van der Waals surface area (Å²) in [5.41, 5.74) is 2.37. The van der Waals surface area contributed by atoms with Gasteiger partial charge in [-0.15, -0.1) is 0 Å². The molecule has 21 heavy (non-hydrogen) atoms. The van der Waals surface area contributed by atoms with Crippen LogP contribution in [0.3, 0.4) is 0 Å². The van der Waals surface area contributed by atoms with E-state index in [1.807, 2.05) is 11.0 Å². The molecule has 0 fully saturated rings. The van der Waals surface area contributed by atoms with Gasteiger partial charge in [0.05, 0.1) is 12.1 Å². The molecule has 1 aromatic carbocycles. The highest BCUT2D eigenvalue weighted by atomic mass is 16.5. The van der Waals surface area contributed by atoms with Gasteiger partial charge in [0.2, 0.25) is 5.91 Å². The van der Waals surface area contributed by atoms with Gasteiger partial charge in [-0.05, 0) is 29.7 Å². The fourth-order valence-electron chi connectivity index (χ4n) is 2.41. The number of carbonyl (C=O) groups excluding carboxylic acids is 1. The van der Waals surface area contributed by atoms with Crippen molar-refractivity contribution in [2.45, 2.75) is 19.5 Å². The van der Waals surface area contributed by atoms with Gasteiger partial charge in [0, 0.05) is 33.4 Å². The minimum atomic E-state index is -0.924. The van der Waals surface area contributed by atoms with Gasteiger partial charge in [0.25, 0.3) is 0 Å². The fourth-order valence-corrected chi connectivity index (χ4v) is 2.41. The lowest BCUT2D eigenvalue weighted by Gasteiger charge is -2.14. The number of nitrogens with one attached hydrogen (secondary N) is 1. The number of amides is 1. The summed E-state index contributed by atoms with van der Waals surface area (Å²) in [5, 5.41) is 11.8. The van der Waals surface area contributed by atoms with Crippen molar-refractivity contribution in [1.29, 1.82) is 0 Å². The Morgan fingerprint density at radius 2 is 2.10 bits per heavy atom. The van der Waals surface area contributed by atoms with Gasteiger partial charge in [-0.1, -0.05) is 6.07 Å². The molecule has 1 aliphatic rings. The van der Waals surface area contributed by atoms with E-state index in [-0.39, 0.29) is 5.91 Å². The predicted octanol–water partition coefficient (Wildman–Crippen LogP) is 0.853. The predicted molar refractivity (Wildman–Crippen MR) is 77.0 cm³/mol. The van der Waals surface area contributed by atoms with Crippen LogP contribution in [0.1, 0.15) is 27.9 Å². The van der Waals surface area contributed by atoms with Gasteiger partial charge in [0.1, 0.15) is 0 Å². The number of hydrogen-bond donors (Lipinski definition) is 2. The highest BCUT2D eigenvalue weighted by Gasteiger charge is 2.21. The van der Waals surface area contributed by atoms with E-state index in [1.54, 1.807) is 19.2 Å². The molecule has 1 aromatic rings. The number of aromatic carboxylic acids is 1. The molecule has 0 saturated heterocycles. The van der Waals surface area contributed by atoms with Crippen molar-refractivity contribution in [1.82, 2.24) is 10.2 Å². The molecule has 0 spiro atoms. The van der Waals surface area contributed by atoms with Gasteiger partial charge in [-0.2, -0.15) is 0 Å². The van der Waals surface area contributed by atoms with E-state index < -0.39 is 5.97 Å². The van der Waals surface area contributed by atoms with E-state index in [1.165, 1.54) is 0 Å². The summed E-state index contributed by atoms with van der Waals surface area (Å²) in [6.07, 6.45) is 0.796. The summed E-state index contributed by atoms with van der Waals surface area (Å²) in [5.74, 6) is -0.940. The molecular weight excluding hydrogens is 272 g/mol. The minimum absolute atomic E-state index is 0.0163. The van der Waals surface area contributed by atoms with Crippen molar-refractivity contribution in [2.75, 3.05) is 26.8 Å². The summed E-state index contributed by atoms with van der Waals surface area (Å²) in [7, 11) is 1.63. The molecule has 0 saturated carbocycles. The minimum Gasteiger partial charge on any atom is -0.478 e. The number of rotatable bonds is 7. The maximum Gasteiger partial charge on any atom is 0.335 e. The third-order valence-electron chi connectivity index (χ3n) is 3.46. The molecule has 6 heteroatoms. The topological polar surface area (TPSA) is 78.9 Å². The molecule has 1 aliphatic heterocycles. The van der Waals surface area contributed by atoms with Crippen molar-refractivity contribution in [3.05, 3.63) is 34.9 Å². The summed E-state index contributed by atoms with van der Waals surface area (Å²) < 4.78 is 4.92. The SMILES string of the molecule is COCCCNC(=O)CN1Cc2ccc(C(=O)O)cc2C1. The van der Waals surface area contributed by atoms with Crippen LogP contribution in [0.2, 0.25) is 0 Å². The largest absolute Gasteiger partial charge is 0.478 e. The second-order valence-electron chi connectivity index (χ2n) is 5.13. The summed E-state index contributed by atoms with van der Waals surface area (Å²) in [4.78, 5) is 24.7. The molecular formula is C15H20N2O4. The van der Waals surface area contributed by atoms with Crippen LogP contribution >= 0.6 is 0 Å². The van der Waals surface area contributed by atoms with Crippen LogP contribution in [0, 0.1) is 0 Å². The Morgan fingerprint density at radius 3 is 2.81 bits per heavy atom. The molecule has 0 unspecified atom stereocenters. The smallest absolute Gasteiger partial charge is 0.335 e. The average Bonchev–Trinajstić information content (AvgIpc) is 2.84. The molecule has 0 radical (unpaired) electrons. The third-order valence-corrected chi connectivity index (χ3v) is 3.46. The van der Waals surface area contributed by atoms with Crippen LogP contribution in [0.5, 0.6) is 0 Å². The monoisotopic (exact) mass is 292 g/mol. The van der Waals surface area contributed by atoms with E-state index in [0.29, 0.717) is 38.3 Å². The number of nitrogens with zero attached hydrogens (tertiary/aromatic N) is 1. The number of ether oxygens (including phenoxy) is 1. The molecule has 1 heterocycles. The lowest BCUT2D eigenvalue weighted by Crippen LogP contribution is -2.35. The molecule has 2 N–H and O–H groups in total. The van der Waals surface area contributed by atoms with Crippen LogP contribution < -0.4 is 5.32 Å². The second-order valence-corrected chi connectivity index (χ2v) is 5.13. The number of carboxylic acid groups (broad SMARTS) is 1. The number of fused-ring (bicyclic) bond motifs is 1. The molecule has 114 valence electrons. The summed E-state index contributed by atoms with van der Waals surface area (Å²) in [6, 6.07) is 5.12. The van der Waals surface area contributed by atoms with Crippen molar-refractivity contribution >= 4 is 11.9 Å². The molecule has 0 aromatic heterocycles. The van der Waals surface area contributed by atoms with Gasteiger partial charge >= 0.3 is 5.97 Å². The van der Waals surface area contributed by atoms with Crippen LogP contribution in [-0.2, 0) is 22.6 Å². The van der Waals surface area contributed by atoms with Crippen molar-refractivity contribution in [2.24, 2.45) is 0 Å². The zero-order valence-electron chi connectivity index (χ0n) is 12.1. The Morgan fingerprint density at radius 1 is 1.33 bits per heavy atom. The summed E-state index contributed by atoms with van der Waals surface area (Å²) in [6.45, 7) is 2.86. The zero-order valence-corrected chi connectivity index (χ0v) is 12.1. The van der Waals surface area contributed by atoms with Crippen LogP contribution in [0.25, 0.3) is 0 Å².